The molecule has 0 radical (unpaired) electrons. The SMILES string of the molecule is CCn1c(=CC=C2C(SCCOC=O)=C(C=CC3=[N+](CC)c4ccc(S(=O)(=O)O)c5cccc3c45)C3CCC2C3)c2cccc3c(S(=O)(=O)O)ccc1c32. The van der Waals surface area contributed by atoms with Crippen LogP contribution >= 0.6 is 11.8 Å². The zero-order valence-corrected chi connectivity index (χ0v) is 32.2. The van der Waals surface area contributed by atoms with Crippen LogP contribution in [-0.4, -0.2) is 66.2 Å². The summed E-state index contributed by atoms with van der Waals surface area (Å²) in [4.78, 5) is 12.0. The molecule has 2 atom stereocenters. The fourth-order valence-corrected chi connectivity index (χ4v) is 11.5. The Morgan fingerprint density at radius 2 is 1.54 bits per heavy atom. The number of aromatic nitrogens is 1. The molecule has 2 heterocycles. The van der Waals surface area contributed by atoms with Crippen molar-refractivity contribution < 1.29 is 40.0 Å². The van der Waals surface area contributed by atoms with Crippen LogP contribution in [0.1, 0.15) is 38.7 Å². The summed E-state index contributed by atoms with van der Waals surface area (Å²) in [5, 5.41) is 4.38. The van der Waals surface area contributed by atoms with Gasteiger partial charge in [-0.15, -0.1) is 11.8 Å². The molecule has 8 rings (SSSR count). The van der Waals surface area contributed by atoms with E-state index in [9.17, 15) is 30.7 Å². The van der Waals surface area contributed by atoms with E-state index in [0.29, 0.717) is 47.9 Å². The third-order valence-electron chi connectivity index (χ3n) is 11.1. The minimum Gasteiger partial charge on any atom is -0.467 e. The van der Waals surface area contributed by atoms with Gasteiger partial charge in [0.2, 0.25) is 11.4 Å². The molecule has 278 valence electrons. The van der Waals surface area contributed by atoms with Gasteiger partial charge in [-0.1, -0.05) is 42.5 Å². The summed E-state index contributed by atoms with van der Waals surface area (Å²) in [5.74, 6) is 1.24. The van der Waals surface area contributed by atoms with Gasteiger partial charge in [-0.3, -0.25) is 13.9 Å². The molecule has 2 N–H and O–H groups in total. The topological polar surface area (TPSA) is 143 Å². The van der Waals surface area contributed by atoms with E-state index in [1.54, 1.807) is 36.0 Å². The van der Waals surface area contributed by atoms with E-state index in [2.05, 4.69) is 47.3 Å². The van der Waals surface area contributed by atoms with E-state index >= 15 is 0 Å². The number of carbonyl (C=O) groups excluding carboxylic acids is 1. The summed E-state index contributed by atoms with van der Waals surface area (Å²) >= 11 is 1.67. The third-order valence-corrected chi connectivity index (χ3v) is 14.0. The van der Waals surface area contributed by atoms with Gasteiger partial charge in [0.05, 0.1) is 10.9 Å². The molecule has 2 bridgehead atoms. The van der Waals surface area contributed by atoms with Crippen molar-refractivity contribution in [2.24, 2.45) is 11.8 Å². The average Bonchev–Trinajstić information content (AvgIpc) is 3.81. The number of thioether (sulfide) groups is 1. The normalized spacial score (nSPS) is 19.9. The summed E-state index contributed by atoms with van der Waals surface area (Å²) in [7, 11) is -8.85. The Labute approximate surface area is 317 Å². The highest BCUT2D eigenvalue weighted by molar-refractivity contribution is 8.03. The molecule has 5 aromatic rings. The van der Waals surface area contributed by atoms with Crippen LogP contribution in [-0.2, 0) is 36.3 Å². The number of nitrogens with zero attached hydrogens (tertiary/aromatic N) is 2. The fourth-order valence-electron chi connectivity index (χ4n) is 8.89. The highest BCUT2D eigenvalue weighted by atomic mass is 32.2. The van der Waals surface area contributed by atoms with Crippen molar-refractivity contribution in [1.29, 1.82) is 0 Å². The highest BCUT2D eigenvalue weighted by Crippen LogP contribution is 2.52. The standard InChI is InChI=1S/C41H38N2O8S3/c1-3-42-33(29-7-5-9-31-37(53(45,46)47)19-17-35(42)39(29)31)15-13-27-25-11-12-26(23-25)28(41(27)52-22-21-51-24-44)14-16-34-30-8-6-10-32-38(54(48,49)50)20-18-36(40(30)32)43(34)4-2/h5-10,13-20,24-26H,3-4,11-12,21-23H2,1-2H3,(H-,45,46,47,48,49,50)/p+1. The van der Waals surface area contributed by atoms with Crippen LogP contribution in [0.3, 0.4) is 0 Å². The first-order chi connectivity index (χ1) is 26.0. The van der Waals surface area contributed by atoms with Gasteiger partial charge in [0.1, 0.15) is 22.9 Å². The zero-order chi connectivity index (χ0) is 37.9. The predicted molar refractivity (Wildman–Crippen MR) is 213 cm³/mol. The predicted octanol–water partition coefficient (Wildman–Crippen LogP) is 7.20. The minimum absolute atomic E-state index is 0.112. The van der Waals surface area contributed by atoms with Crippen LogP contribution in [0.15, 0.2) is 105 Å². The Balaban J connectivity index is 1.29. The summed E-state index contributed by atoms with van der Waals surface area (Å²) in [6, 6.07) is 17.5. The second-order valence-electron chi connectivity index (χ2n) is 13.8. The van der Waals surface area contributed by atoms with Crippen molar-refractivity contribution in [3.05, 3.63) is 106 Å². The minimum atomic E-state index is -4.43. The van der Waals surface area contributed by atoms with Crippen molar-refractivity contribution in [3.8, 4) is 0 Å². The largest absolute Gasteiger partial charge is 0.467 e. The molecule has 0 saturated heterocycles. The maximum Gasteiger partial charge on any atom is 0.295 e. The molecule has 1 fully saturated rings. The second-order valence-corrected chi connectivity index (χ2v) is 17.6. The quantitative estimate of drug-likeness (QED) is 0.0582. The van der Waals surface area contributed by atoms with Gasteiger partial charge in [-0.05, 0) is 86.4 Å². The number of carbonyl (C=O) groups is 1. The first-order valence-electron chi connectivity index (χ1n) is 18.0. The smallest absolute Gasteiger partial charge is 0.295 e. The van der Waals surface area contributed by atoms with Crippen LogP contribution in [0.25, 0.3) is 38.5 Å². The summed E-state index contributed by atoms with van der Waals surface area (Å²) in [6.07, 6.45) is 11.7. The van der Waals surface area contributed by atoms with E-state index < -0.39 is 20.2 Å². The number of ether oxygens (including phenoxy) is 1. The number of hydrogen-bond acceptors (Lipinski definition) is 7. The lowest BCUT2D eigenvalue weighted by atomic mass is 9.84. The van der Waals surface area contributed by atoms with Gasteiger partial charge in [0.15, 0.2) is 0 Å². The molecule has 0 amide bonds. The highest BCUT2D eigenvalue weighted by Gasteiger charge is 2.38. The van der Waals surface area contributed by atoms with Crippen molar-refractivity contribution >= 4 is 88.4 Å². The van der Waals surface area contributed by atoms with E-state index in [1.165, 1.54) is 23.3 Å². The Hall–Kier alpha value is -4.53. The lowest BCUT2D eigenvalue weighted by Crippen LogP contribution is -2.16. The average molecular weight is 784 g/mol. The van der Waals surface area contributed by atoms with Gasteiger partial charge >= 0.3 is 0 Å². The van der Waals surface area contributed by atoms with Crippen LogP contribution in [0.4, 0.5) is 5.69 Å². The van der Waals surface area contributed by atoms with Crippen LogP contribution in [0.5, 0.6) is 0 Å². The van der Waals surface area contributed by atoms with E-state index in [4.69, 9.17) is 4.74 Å². The Morgan fingerprint density at radius 1 is 0.852 bits per heavy atom. The van der Waals surface area contributed by atoms with Gasteiger partial charge in [0, 0.05) is 61.8 Å². The summed E-state index contributed by atoms with van der Waals surface area (Å²) < 4.78 is 78.6. The maximum absolute atomic E-state index is 12.3. The number of fused-ring (bicyclic) bond motifs is 2. The van der Waals surface area contributed by atoms with Crippen molar-refractivity contribution in [3.63, 3.8) is 0 Å². The van der Waals surface area contributed by atoms with Crippen molar-refractivity contribution in [2.45, 2.75) is 49.4 Å². The Morgan fingerprint density at radius 3 is 2.24 bits per heavy atom. The lowest BCUT2D eigenvalue weighted by molar-refractivity contribution is -0.430. The zero-order valence-electron chi connectivity index (χ0n) is 29.7. The number of allylic oxidation sites excluding steroid dienone is 5. The molecule has 2 unspecified atom stereocenters. The molecule has 3 aliphatic rings. The number of rotatable bonds is 12. The Bertz CT molecular complexity index is 2810. The molecule has 4 aromatic carbocycles. The van der Waals surface area contributed by atoms with Crippen molar-refractivity contribution in [2.75, 3.05) is 18.9 Å². The molecular weight excluding hydrogens is 745 g/mol. The first-order valence-corrected chi connectivity index (χ1v) is 21.8. The van der Waals surface area contributed by atoms with Crippen LogP contribution in [0.2, 0.25) is 0 Å². The molecule has 1 aromatic heterocycles. The van der Waals surface area contributed by atoms with E-state index in [1.807, 2.05) is 24.3 Å². The number of benzene rings is 4. The van der Waals surface area contributed by atoms with Crippen LogP contribution in [0, 0.1) is 11.8 Å². The summed E-state index contributed by atoms with van der Waals surface area (Å²) in [6.45, 7) is 6.14. The van der Waals surface area contributed by atoms with Crippen molar-refractivity contribution in [1.82, 2.24) is 4.57 Å². The molecular formula is C41H39N2O8S3+. The fraction of sp³-hybridized carbons (Fsp3) is 0.268. The van der Waals surface area contributed by atoms with E-state index in [0.717, 1.165) is 68.2 Å². The molecule has 1 saturated carbocycles. The van der Waals surface area contributed by atoms with E-state index in [-0.39, 0.29) is 16.4 Å². The molecule has 0 spiro atoms. The van der Waals surface area contributed by atoms with Gasteiger partial charge in [-0.2, -0.15) is 21.4 Å². The summed E-state index contributed by atoms with van der Waals surface area (Å²) in [5.41, 5.74) is 6.02. The maximum atomic E-state index is 12.3. The van der Waals surface area contributed by atoms with Gasteiger partial charge in [-0.25, -0.2) is 0 Å². The first kappa shape index (κ1) is 36.4. The third kappa shape index (κ3) is 6.02. The molecule has 10 nitrogen and oxygen atoms in total. The lowest BCUT2D eigenvalue weighted by Gasteiger charge is -2.27. The number of aryl methyl sites for hydroxylation is 1. The number of hydrogen-bond donors (Lipinski definition) is 2. The molecule has 1 aliphatic heterocycles. The molecule has 13 heteroatoms. The monoisotopic (exact) mass is 783 g/mol. The van der Waals surface area contributed by atoms with Gasteiger partial charge in [0.25, 0.3) is 26.7 Å². The second kappa shape index (κ2) is 14.0. The Kier molecular flexibility index (Phi) is 9.42. The van der Waals surface area contributed by atoms with Crippen LogP contribution < -0.4 is 5.35 Å². The molecule has 2 aliphatic carbocycles. The molecule has 54 heavy (non-hydrogen) atoms. The van der Waals surface area contributed by atoms with Gasteiger partial charge < -0.3 is 9.30 Å².